The maximum Gasteiger partial charge on any atom is 0.243 e. The number of rotatable bonds is 5. The van der Waals surface area contributed by atoms with Gasteiger partial charge in [0.15, 0.2) is 0 Å². The van der Waals surface area contributed by atoms with E-state index in [2.05, 4.69) is 10.6 Å². The van der Waals surface area contributed by atoms with E-state index in [1.807, 2.05) is 24.3 Å². The van der Waals surface area contributed by atoms with Crippen molar-refractivity contribution in [3.05, 3.63) is 53.6 Å². The first-order valence-corrected chi connectivity index (χ1v) is 8.20. The molecule has 0 atom stereocenters. The highest BCUT2D eigenvalue weighted by Crippen LogP contribution is 2.29. The quantitative estimate of drug-likeness (QED) is 0.873. The zero-order valence-corrected chi connectivity index (χ0v) is 13.8. The van der Waals surface area contributed by atoms with E-state index < -0.39 is 0 Å². The number of hydrogen-bond donors (Lipinski definition) is 2. The fraction of sp³-hybridized carbons (Fsp3) is 0.222. The van der Waals surface area contributed by atoms with Gasteiger partial charge in [-0.2, -0.15) is 0 Å². The van der Waals surface area contributed by atoms with Gasteiger partial charge in [0.05, 0.1) is 17.9 Å². The molecule has 0 unspecified atom stereocenters. The minimum absolute atomic E-state index is 0.113. The van der Waals surface area contributed by atoms with Crippen molar-refractivity contribution in [3.8, 4) is 0 Å². The summed E-state index contributed by atoms with van der Waals surface area (Å²) in [6, 6.07) is 14.5. The topological polar surface area (TPSA) is 61.4 Å². The fourth-order valence-corrected chi connectivity index (χ4v) is 2.80. The van der Waals surface area contributed by atoms with E-state index in [4.69, 9.17) is 11.6 Å². The van der Waals surface area contributed by atoms with Crippen LogP contribution in [0.5, 0.6) is 0 Å². The monoisotopic (exact) mass is 343 g/mol. The first kappa shape index (κ1) is 16.3. The number of nitrogens with one attached hydrogen (secondary N) is 2. The lowest BCUT2D eigenvalue weighted by Gasteiger charge is -2.20. The number of amides is 2. The van der Waals surface area contributed by atoms with Crippen molar-refractivity contribution in [1.82, 2.24) is 0 Å². The normalized spacial score (nSPS) is 13.9. The molecular formula is C18H18ClN3O2. The molecule has 1 fully saturated rings. The van der Waals surface area contributed by atoms with Gasteiger partial charge < -0.3 is 15.5 Å². The second-order valence-electron chi connectivity index (χ2n) is 5.57. The second-order valence-corrected chi connectivity index (χ2v) is 6.01. The summed E-state index contributed by atoms with van der Waals surface area (Å²) < 4.78 is 0. The lowest BCUT2D eigenvalue weighted by molar-refractivity contribution is -0.117. The van der Waals surface area contributed by atoms with Gasteiger partial charge in [0.2, 0.25) is 11.8 Å². The number of anilines is 3. The largest absolute Gasteiger partial charge is 0.374 e. The molecule has 6 heteroatoms. The minimum atomic E-state index is -0.167. The predicted molar refractivity (Wildman–Crippen MR) is 96.6 cm³/mol. The van der Waals surface area contributed by atoms with Crippen LogP contribution in [-0.2, 0) is 9.59 Å². The summed E-state index contributed by atoms with van der Waals surface area (Å²) in [5.74, 6) is -0.0465. The summed E-state index contributed by atoms with van der Waals surface area (Å²) >= 11 is 5.82. The number of halogens is 1. The van der Waals surface area contributed by atoms with Crippen molar-refractivity contribution in [2.75, 3.05) is 28.6 Å². The molecule has 2 aromatic carbocycles. The van der Waals surface area contributed by atoms with Gasteiger partial charge in [0.25, 0.3) is 0 Å². The zero-order valence-electron chi connectivity index (χ0n) is 13.1. The van der Waals surface area contributed by atoms with Gasteiger partial charge in [-0.15, -0.1) is 0 Å². The third-order valence-corrected chi connectivity index (χ3v) is 4.09. The molecule has 2 N–H and O–H groups in total. The fourth-order valence-electron chi connectivity index (χ4n) is 2.68. The summed E-state index contributed by atoms with van der Waals surface area (Å²) in [6.07, 6.45) is 1.44. The number of para-hydroxylation sites is 2. The van der Waals surface area contributed by atoms with Crippen molar-refractivity contribution in [2.24, 2.45) is 0 Å². The number of benzene rings is 2. The summed E-state index contributed by atoms with van der Waals surface area (Å²) in [5, 5.41) is 6.53. The Morgan fingerprint density at radius 3 is 2.58 bits per heavy atom. The molecule has 1 aliphatic heterocycles. The Balaban J connectivity index is 1.63. The van der Waals surface area contributed by atoms with Crippen LogP contribution in [0.2, 0.25) is 5.02 Å². The van der Waals surface area contributed by atoms with E-state index in [1.165, 1.54) is 0 Å². The van der Waals surface area contributed by atoms with Crippen molar-refractivity contribution in [3.63, 3.8) is 0 Å². The molecule has 0 radical (unpaired) electrons. The molecule has 2 amide bonds. The van der Waals surface area contributed by atoms with Gasteiger partial charge >= 0.3 is 0 Å². The average Bonchev–Trinajstić information content (AvgIpc) is 3.01. The molecule has 2 aromatic rings. The zero-order chi connectivity index (χ0) is 16.9. The number of nitrogens with zero attached hydrogens (tertiary/aromatic N) is 1. The van der Waals surface area contributed by atoms with E-state index in [9.17, 15) is 9.59 Å². The minimum Gasteiger partial charge on any atom is -0.374 e. The number of carbonyl (C=O) groups is 2. The molecule has 0 saturated carbocycles. The van der Waals surface area contributed by atoms with Gasteiger partial charge in [-0.3, -0.25) is 9.59 Å². The van der Waals surface area contributed by atoms with Crippen LogP contribution in [0, 0.1) is 0 Å². The van der Waals surface area contributed by atoms with Crippen molar-refractivity contribution in [1.29, 1.82) is 0 Å². The lowest BCUT2D eigenvalue weighted by atomic mass is 10.2. The van der Waals surface area contributed by atoms with Crippen LogP contribution >= 0.6 is 11.6 Å². The standard InChI is InChI=1S/C18H18ClN3O2/c19-13-7-9-14(10-8-13)21-17(23)12-20-15-4-1-2-5-16(15)22-11-3-6-18(22)24/h1-2,4-5,7-10,20H,3,6,11-12H2,(H,21,23). The Morgan fingerprint density at radius 1 is 1.12 bits per heavy atom. The lowest BCUT2D eigenvalue weighted by Crippen LogP contribution is -2.26. The van der Waals surface area contributed by atoms with Gasteiger partial charge in [0.1, 0.15) is 0 Å². The van der Waals surface area contributed by atoms with Crippen molar-refractivity contribution in [2.45, 2.75) is 12.8 Å². The summed E-state index contributed by atoms with van der Waals surface area (Å²) in [5.41, 5.74) is 2.28. The van der Waals surface area contributed by atoms with Crippen LogP contribution in [0.15, 0.2) is 48.5 Å². The Hall–Kier alpha value is -2.53. The first-order chi connectivity index (χ1) is 11.6. The third-order valence-electron chi connectivity index (χ3n) is 3.84. The molecule has 0 aliphatic carbocycles. The molecule has 0 bridgehead atoms. The van der Waals surface area contributed by atoms with Crippen LogP contribution in [0.4, 0.5) is 17.1 Å². The van der Waals surface area contributed by atoms with E-state index in [-0.39, 0.29) is 18.4 Å². The van der Waals surface area contributed by atoms with Crippen LogP contribution in [-0.4, -0.2) is 24.9 Å². The summed E-state index contributed by atoms with van der Waals surface area (Å²) in [4.78, 5) is 25.8. The van der Waals surface area contributed by atoms with E-state index in [1.54, 1.807) is 29.2 Å². The maximum absolute atomic E-state index is 12.1. The molecular weight excluding hydrogens is 326 g/mol. The third kappa shape index (κ3) is 3.86. The molecule has 3 rings (SSSR count). The molecule has 5 nitrogen and oxygen atoms in total. The highest BCUT2D eigenvalue weighted by atomic mass is 35.5. The molecule has 0 aromatic heterocycles. The molecule has 1 heterocycles. The van der Waals surface area contributed by atoms with E-state index in [0.29, 0.717) is 23.7 Å². The molecule has 0 spiro atoms. The van der Waals surface area contributed by atoms with Crippen LogP contribution < -0.4 is 15.5 Å². The summed E-state index contributed by atoms with van der Waals surface area (Å²) in [7, 11) is 0. The SMILES string of the molecule is O=C(CNc1ccccc1N1CCCC1=O)Nc1ccc(Cl)cc1. The second kappa shape index (κ2) is 7.36. The van der Waals surface area contributed by atoms with Gasteiger partial charge in [-0.1, -0.05) is 23.7 Å². The van der Waals surface area contributed by atoms with Gasteiger partial charge in [-0.05, 0) is 42.8 Å². The highest BCUT2D eigenvalue weighted by molar-refractivity contribution is 6.30. The van der Waals surface area contributed by atoms with E-state index >= 15 is 0 Å². The Kier molecular flexibility index (Phi) is 5.01. The Labute approximate surface area is 145 Å². The van der Waals surface area contributed by atoms with Crippen molar-refractivity contribution < 1.29 is 9.59 Å². The van der Waals surface area contributed by atoms with Crippen LogP contribution in [0.3, 0.4) is 0 Å². The number of carbonyl (C=O) groups excluding carboxylic acids is 2. The maximum atomic E-state index is 12.1. The smallest absolute Gasteiger partial charge is 0.243 e. The molecule has 1 aliphatic rings. The number of hydrogen-bond acceptors (Lipinski definition) is 3. The molecule has 124 valence electrons. The van der Waals surface area contributed by atoms with Gasteiger partial charge in [0, 0.05) is 23.7 Å². The average molecular weight is 344 g/mol. The Bertz CT molecular complexity index is 746. The molecule has 1 saturated heterocycles. The van der Waals surface area contributed by atoms with Crippen LogP contribution in [0.25, 0.3) is 0 Å². The van der Waals surface area contributed by atoms with Crippen molar-refractivity contribution >= 4 is 40.5 Å². The van der Waals surface area contributed by atoms with Gasteiger partial charge in [-0.25, -0.2) is 0 Å². The van der Waals surface area contributed by atoms with E-state index in [0.717, 1.165) is 17.8 Å². The first-order valence-electron chi connectivity index (χ1n) is 7.82. The Morgan fingerprint density at radius 2 is 1.88 bits per heavy atom. The molecule has 24 heavy (non-hydrogen) atoms. The summed E-state index contributed by atoms with van der Waals surface area (Å²) in [6.45, 7) is 0.830. The predicted octanol–water partition coefficient (Wildman–Crippen LogP) is 3.52. The highest BCUT2D eigenvalue weighted by Gasteiger charge is 2.23. The van der Waals surface area contributed by atoms with Crippen LogP contribution in [0.1, 0.15) is 12.8 Å².